The standard InChI is InChI=1S/C10H13ClO2/c1-7(6-12)8-3-4-10(13-2)9(11)5-8/h3-5,7,12H,6H2,1-2H3. The molecule has 0 aliphatic carbocycles. The molecular weight excluding hydrogens is 188 g/mol. The fourth-order valence-electron chi connectivity index (χ4n) is 1.09. The zero-order valence-corrected chi connectivity index (χ0v) is 8.51. The van der Waals surface area contributed by atoms with Crippen molar-refractivity contribution < 1.29 is 9.84 Å². The van der Waals surface area contributed by atoms with Crippen molar-refractivity contribution in [3.63, 3.8) is 0 Å². The molecule has 2 nitrogen and oxygen atoms in total. The third-order valence-corrected chi connectivity index (χ3v) is 2.31. The Balaban J connectivity index is 2.95. The molecule has 0 bridgehead atoms. The van der Waals surface area contributed by atoms with Crippen LogP contribution in [0, 0.1) is 0 Å². The molecule has 0 heterocycles. The van der Waals surface area contributed by atoms with Crippen LogP contribution in [0.2, 0.25) is 5.02 Å². The van der Waals surface area contributed by atoms with Crippen LogP contribution >= 0.6 is 11.6 Å². The Kier molecular flexibility index (Phi) is 3.58. The highest BCUT2D eigenvalue weighted by Crippen LogP contribution is 2.27. The molecule has 0 aliphatic rings. The molecule has 1 aromatic rings. The summed E-state index contributed by atoms with van der Waals surface area (Å²) in [6.45, 7) is 2.07. The molecule has 0 aliphatic heterocycles. The summed E-state index contributed by atoms with van der Waals surface area (Å²) >= 11 is 5.92. The van der Waals surface area contributed by atoms with Crippen LogP contribution in [0.5, 0.6) is 5.75 Å². The smallest absolute Gasteiger partial charge is 0.137 e. The Bertz CT molecular complexity index is 286. The van der Waals surface area contributed by atoms with E-state index >= 15 is 0 Å². The van der Waals surface area contributed by atoms with Gasteiger partial charge in [-0.1, -0.05) is 24.6 Å². The molecule has 1 aromatic carbocycles. The van der Waals surface area contributed by atoms with Crippen molar-refractivity contribution in [3.8, 4) is 5.75 Å². The van der Waals surface area contributed by atoms with Gasteiger partial charge in [0.1, 0.15) is 5.75 Å². The van der Waals surface area contributed by atoms with Crippen LogP contribution in [-0.2, 0) is 0 Å². The molecule has 0 saturated carbocycles. The maximum Gasteiger partial charge on any atom is 0.137 e. The first-order valence-electron chi connectivity index (χ1n) is 4.13. The molecule has 0 amide bonds. The monoisotopic (exact) mass is 200 g/mol. The molecule has 72 valence electrons. The summed E-state index contributed by atoms with van der Waals surface area (Å²) in [6, 6.07) is 5.54. The average molecular weight is 201 g/mol. The summed E-state index contributed by atoms with van der Waals surface area (Å²) < 4.78 is 5.02. The van der Waals surface area contributed by atoms with Crippen molar-refractivity contribution in [1.82, 2.24) is 0 Å². The Morgan fingerprint density at radius 2 is 2.23 bits per heavy atom. The highest BCUT2D eigenvalue weighted by atomic mass is 35.5. The van der Waals surface area contributed by atoms with Crippen LogP contribution < -0.4 is 4.74 Å². The highest BCUT2D eigenvalue weighted by Gasteiger charge is 2.06. The van der Waals surface area contributed by atoms with Gasteiger partial charge in [-0.15, -0.1) is 0 Å². The number of ether oxygens (including phenoxy) is 1. The van der Waals surface area contributed by atoms with E-state index in [9.17, 15) is 0 Å². The van der Waals surface area contributed by atoms with E-state index in [0.717, 1.165) is 5.56 Å². The largest absolute Gasteiger partial charge is 0.495 e. The minimum absolute atomic E-state index is 0.114. The van der Waals surface area contributed by atoms with Gasteiger partial charge in [0.2, 0.25) is 0 Å². The zero-order valence-electron chi connectivity index (χ0n) is 7.75. The Morgan fingerprint density at radius 3 is 2.69 bits per heavy atom. The van der Waals surface area contributed by atoms with Gasteiger partial charge in [-0.3, -0.25) is 0 Å². The van der Waals surface area contributed by atoms with Crippen LogP contribution in [0.3, 0.4) is 0 Å². The first kappa shape index (κ1) is 10.4. The zero-order chi connectivity index (χ0) is 9.84. The molecule has 3 heteroatoms. The molecule has 0 aromatic heterocycles. The van der Waals surface area contributed by atoms with Gasteiger partial charge in [-0.2, -0.15) is 0 Å². The molecule has 0 fully saturated rings. The number of aliphatic hydroxyl groups is 1. The summed E-state index contributed by atoms with van der Waals surface area (Å²) in [6.07, 6.45) is 0. The second-order valence-electron chi connectivity index (χ2n) is 2.98. The van der Waals surface area contributed by atoms with Crippen molar-refractivity contribution >= 4 is 11.6 Å². The van der Waals surface area contributed by atoms with E-state index in [1.165, 1.54) is 0 Å². The van der Waals surface area contributed by atoms with Gasteiger partial charge in [0.05, 0.1) is 12.1 Å². The normalized spacial score (nSPS) is 12.6. The van der Waals surface area contributed by atoms with Gasteiger partial charge < -0.3 is 9.84 Å². The van der Waals surface area contributed by atoms with E-state index in [2.05, 4.69) is 0 Å². The molecule has 1 unspecified atom stereocenters. The quantitative estimate of drug-likeness (QED) is 0.812. The van der Waals surface area contributed by atoms with E-state index in [-0.39, 0.29) is 12.5 Å². The number of aliphatic hydroxyl groups excluding tert-OH is 1. The van der Waals surface area contributed by atoms with Crippen LogP contribution in [0.4, 0.5) is 0 Å². The third kappa shape index (κ3) is 2.36. The van der Waals surface area contributed by atoms with E-state index in [1.807, 2.05) is 25.1 Å². The van der Waals surface area contributed by atoms with Gasteiger partial charge in [0.15, 0.2) is 0 Å². The number of hydrogen-bond acceptors (Lipinski definition) is 2. The number of hydrogen-bond donors (Lipinski definition) is 1. The molecule has 1 rings (SSSR count). The van der Waals surface area contributed by atoms with Crippen molar-refractivity contribution in [2.75, 3.05) is 13.7 Å². The van der Waals surface area contributed by atoms with Crippen LogP contribution in [0.1, 0.15) is 18.4 Å². The molecule has 1 atom stereocenters. The number of benzene rings is 1. The molecule has 0 saturated heterocycles. The predicted molar refractivity (Wildman–Crippen MR) is 53.5 cm³/mol. The second-order valence-corrected chi connectivity index (χ2v) is 3.38. The lowest BCUT2D eigenvalue weighted by molar-refractivity contribution is 0.273. The summed E-state index contributed by atoms with van der Waals surface area (Å²) in [5, 5.41) is 9.51. The van der Waals surface area contributed by atoms with Crippen LogP contribution in [0.15, 0.2) is 18.2 Å². The maximum atomic E-state index is 8.93. The van der Waals surface area contributed by atoms with E-state index < -0.39 is 0 Å². The van der Waals surface area contributed by atoms with Gasteiger partial charge in [0.25, 0.3) is 0 Å². The molecule has 1 N–H and O–H groups in total. The van der Waals surface area contributed by atoms with Crippen molar-refractivity contribution in [1.29, 1.82) is 0 Å². The Labute approximate surface area is 83.1 Å². The third-order valence-electron chi connectivity index (χ3n) is 2.02. The van der Waals surface area contributed by atoms with E-state index in [0.29, 0.717) is 10.8 Å². The topological polar surface area (TPSA) is 29.5 Å². The Hall–Kier alpha value is -0.730. The van der Waals surface area contributed by atoms with Crippen molar-refractivity contribution in [3.05, 3.63) is 28.8 Å². The minimum atomic E-state index is 0.114. The molecular formula is C10H13ClO2. The SMILES string of the molecule is COc1ccc(C(C)CO)cc1Cl. The second kappa shape index (κ2) is 4.49. The molecule has 13 heavy (non-hydrogen) atoms. The van der Waals surface area contributed by atoms with E-state index in [1.54, 1.807) is 7.11 Å². The van der Waals surface area contributed by atoms with Gasteiger partial charge >= 0.3 is 0 Å². The Morgan fingerprint density at radius 1 is 1.54 bits per heavy atom. The van der Waals surface area contributed by atoms with E-state index in [4.69, 9.17) is 21.4 Å². The average Bonchev–Trinajstić information content (AvgIpc) is 2.16. The highest BCUT2D eigenvalue weighted by molar-refractivity contribution is 6.32. The summed E-state index contributed by atoms with van der Waals surface area (Å²) in [5.74, 6) is 0.777. The molecule has 0 radical (unpaired) electrons. The number of methoxy groups -OCH3 is 1. The number of rotatable bonds is 3. The fourth-order valence-corrected chi connectivity index (χ4v) is 1.36. The van der Waals surface area contributed by atoms with Crippen LogP contribution in [0.25, 0.3) is 0 Å². The number of halogens is 1. The first-order valence-corrected chi connectivity index (χ1v) is 4.51. The van der Waals surface area contributed by atoms with Crippen LogP contribution in [-0.4, -0.2) is 18.8 Å². The fraction of sp³-hybridized carbons (Fsp3) is 0.400. The minimum Gasteiger partial charge on any atom is -0.495 e. The lowest BCUT2D eigenvalue weighted by Crippen LogP contribution is -1.98. The lowest BCUT2D eigenvalue weighted by atomic mass is 10.0. The predicted octanol–water partition coefficient (Wildman–Crippen LogP) is 2.44. The summed E-state index contributed by atoms with van der Waals surface area (Å²) in [4.78, 5) is 0. The molecule has 0 spiro atoms. The van der Waals surface area contributed by atoms with Crippen molar-refractivity contribution in [2.24, 2.45) is 0 Å². The maximum absolute atomic E-state index is 8.93. The lowest BCUT2D eigenvalue weighted by Gasteiger charge is -2.10. The summed E-state index contributed by atoms with van der Waals surface area (Å²) in [5.41, 5.74) is 1.02. The van der Waals surface area contributed by atoms with Crippen molar-refractivity contribution in [2.45, 2.75) is 12.8 Å². The first-order chi connectivity index (χ1) is 6.19. The van der Waals surface area contributed by atoms with Gasteiger partial charge in [-0.25, -0.2) is 0 Å². The summed E-state index contributed by atoms with van der Waals surface area (Å²) in [7, 11) is 1.58. The van der Waals surface area contributed by atoms with Gasteiger partial charge in [-0.05, 0) is 17.7 Å². The van der Waals surface area contributed by atoms with Gasteiger partial charge in [0, 0.05) is 12.5 Å².